The molecule has 1 aliphatic carbocycles. The van der Waals surface area contributed by atoms with Gasteiger partial charge in [-0.25, -0.2) is 4.98 Å². The molecule has 0 aliphatic heterocycles. The Morgan fingerprint density at radius 2 is 1.94 bits per heavy atom. The third-order valence-corrected chi connectivity index (χ3v) is 6.79. The van der Waals surface area contributed by atoms with Crippen molar-refractivity contribution >= 4 is 55.5 Å². The van der Waals surface area contributed by atoms with Crippen molar-refractivity contribution in [2.45, 2.75) is 23.9 Å². The molecule has 3 aromatic heterocycles. The number of thioether (sulfide) groups is 1. The number of hydrogen-bond donors (Lipinski definition) is 3. The highest BCUT2D eigenvalue weighted by molar-refractivity contribution is 9.10. The molecule has 3 heterocycles. The number of carboxylic acid groups (broad SMARTS) is 1. The van der Waals surface area contributed by atoms with Gasteiger partial charge in [0, 0.05) is 5.39 Å². The van der Waals surface area contributed by atoms with Gasteiger partial charge in [0.05, 0.1) is 24.0 Å². The van der Waals surface area contributed by atoms with Crippen LogP contribution in [-0.4, -0.2) is 51.8 Å². The molecule has 0 saturated heterocycles. The van der Waals surface area contributed by atoms with Crippen LogP contribution in [0.25, 0.3) is 27.5 Å². The van der Waals surface area contributed by atoms with Crippen molar-refractivity contribution in [3.8, 4) is 5.69 Å². The summed E-state index contributed by atoms with van der Waals surface area (Å²) in [6.45, 7) is 0. The number of carbonyl (C=O) groups is 1. The highest BCUT2D eigenvalue weighted by Crippen LogP contribution is 2.44. The van der Waals surface area contributed by atoms with Crippen LogP contribution in [0.5, 0.6) is 0 Å². The maximum atomic E-state index is 10.9. The molecule has 6 rings (SSSR count). The predicted octanol–water partition coefficient (Wildman–Crippen LogP) is 3.88. The number of carboxylic acids is 1. The normalized spacial score (nSPS) is 13.1. The van der Waals surface area contributed by atoms with Crippen LogP contribution in [0, 0.1) is 0 Å². The lowest BCUT2D eigenvalue weighted by molar-refractivity contribution is -0.133. The van der Waals surface area contributed by atoms with Crippen molar-refractivity contribution in [1.82, 2.24) is 34.9 Å². The van der Waals surface area contributed by atoms with Crippen LogP contribution in [-0.2, 0) is 4.79 Å². The van der Waals surface area contributed by atoms with Crippen LogP contribution in [0.3, 0.4) is 0 Å². The zero-order valence-corrected chi connectivity index (χ0v) is 20.0. The molecule has 3 N–H and O–H groups in total. The molecule has 1 saturated carbocycles. The van der Waals surface area contributed by atoms with Gasteiger partial charge in [-0.05, 0) is 51.7 Å². The Kier molecular flexibility index (Phi) is 6.16. The molecule has 1 aliphatic rings. The van der Waals surface area contributed by atoms with E-state index in [0.717, 1.165) is 22.8 Å². The molecule has 172 valence electrons. The number of H-pyrrole nitrogens is 2. The molecule has 34 heavy (non-hydrogen) atoms. The second kappa shape index (κ2) is 9.39. The van der Waals surface area contributed by atoms with Gasteiger partial charge in [-0.1, -0.05) is 42.1 Å². The van der Waals surface area contributed by atoms with Gasteiger partial charge in [-0.2, -0.15) is 5.10 Å². The van der Waals surface area contributed by atoms with E-state index in [2.05, 4.69) is 76.6 Å². The molecule has 1 fully saturated rings. The maximum absolute atomic E-state index is 10.9. The second-order valence-electron chi connectivity index (χ2n) is 7.63. The van der Waals surface area contributed by atoms with Crippen LogP contribution in [0.15, 0.2) is 63.6 Å². The topological polar surface area (TPSA) is 142 Å². The first-order chi connectivity index (χ1) is 16.5. The van der Waals surface area contributed by atoms with Crippen LogP contribution in [0.2, 0.25) is 0 Å². The summed E-state index contributed by atoms with van der Waals surface area (Å²) in [4.78, 5) is 28.0. The largest absolute Gasteiger partial charge is 0.481 e. The third kappa shape index (κ3) is 4.46. The van der Waals surface area contributed by atoms with Crippen LogP contribution in [0.4, 0.5) is 0 Å². The molecule has 12 heteroatoms. The smallest absolute Gasteiger partial charge is 0.313 e. The number of aliphatic carboxylic acids is 1. The lowest BCUT2D eigenvalue weighted by Crippen LogP contribution is -2.04. The number of benzene rings is 2. The van der Waals surface area contributed by atoms with Gasteiger partial charge >= 0.3 is 5.97 Å². The zero-order chi connectivity index (χ0) is 23.7. The van der Waals surface area contributed by atoms with Gasteiger partial charge in [-0.3, -0.25) is 19.3 Å². The van der Waals surface area contributed by atoms with Crippen LogP contribution in [0.1, 0.15) is 24.3 Å². The molecule has 2 aromatic carbocycles. The standard InChI is InChI=1S/C17H14BrN3O2S.C5H4N4O/c18-16-19-20-17(24-9-15(22)23)21(16)14-8-7-11(10-5-6-10)12-3-1-2-4-13(12)14;10-5-3-1-8-9-4(3)6-2-7-5/h1-4,7-8,10H,5-6,9H2,(H,22,23);1-2H,(H2,6,7,8,9,10). The molecule has 0 amide bonds. The van der Waals surface area contributed by atoms with Gasteiger partial charge < -0.3 is 10.1 Å². The first-order valence-electron chi connectivity index (χ1n) is 10.4. The Labute approximate surface area is 205 Å². The van der Waals surface area contributed by atoms with E-state index in [1.807, 2.05) is 10.6 Å². The summed E-state index contributed by atoms with van der Waals surface area (Å²) in [6.07, 6.45) is 5.28. The highest BCUT2D eigenvalue weighted by Gasteiger charge is 2.26. The first kappa shape index (κ1) is 22.3. The molecular formula is C22H18BrN7O3S. The summed E-state index contributed by atoms with van der Waals surface area (Å²) in [5.74, 6) is -0.266. The van der Waals surface area contributed by atoms with Gasteiger partial charge in [0.15, 0.2) is 10.8 Å². The third-order valence-electron chi connectivity index (χ3n) is 5.36. The van der Waals surface area contributed by atoms with Gasteiger partial charge in [0.2, 0.25) is 4.73 Å². The summed E-state index contributed by atoms with van der Waals surface area (Å²) >= 11 is 4.60. The van der Waals surface area contributed by atoms with Crippen molar-refractivity contribution in [3.63, 3.8) is 0 Å². The number of rotatable bonds is 5. The van der Waals surface area contributed by atoms with Crippen molar-refractivity contribution in [2.24, 2.45) is 0 Å². The Bertz CT molecular complexity index is 1560. The number of halogens is 1. The molecule has 0 spiro atoms. The lowest BCUT2D eigenvalue weighted by atomic mass is 9.99. The van der Waals surface area contributed by atoms with Crippen LogP contribution >= 0.6 is 27.7 Å². The van der Waals surface area contributed by atoms with E-state index in [4.69, 9.17) is 5.11 Å². The van der Waals surface area contributed by atoms with Gasteiger partial charge in [-0.15, -0.1) is 10.2 Å². The molecule has 0 radical (unpaired) electrons. The minimum atomic E-state index is -0.875. The van der Waals surface area contributed by atoms with E-state index >= 15 is 0 Å². The number of aromatic amines is 2. The van der Waals surface area contributed by atoms with Crippen molar-refractivity contribution in [2.75, 3.05) is 5.75 Å². The van der Waals surface area contributed by atoms with Crippen molar-refractivity contribution in [3.05, 3.63) is 69.6 Å². The minimum Gasteiger partial charge on any atom is -0.481 e. The number of hydrogen-bond acceptors (Lipinski definition) is 7. The summed E-state index contributed by atoms with van der Waals surface area (Å²) in [6, 6.07) is 12.6. The molecular weight excluding hydrogens is 522 g/mol. The number of aromatic nitrogens is 7. The zero-order valence-electron chi connectivity index (χ0n) is 17.6. The fourth-order valence-electron chi connectivity index (χ4n) is 3.70. The number of nitrogens with zero attached hydrogens (tertiary/aromatic N) is 5. The fourth-order valence-corrected chi connectivity index (χ4v) is 4.92. The van der Waals surface area contributed by atoms with E-state index in [1.165, 1.54) is 36.3 Å². The van der Waals surface area contributed by atoms with E-state index in [0.29, 0.717) is 26.8 Å². The second-order valence-corrected chi connectivity index (χ2v) is 9.28. The van der Waals surface area contributed by atoms with E-state index in [-0.39, 0.29) is 11.3 Å². The summed E-state index contributed by atoms with van der Waals surface area (Å²) in [7, 11) is 0. The van der Waals surface area contributed by atoms with Gasteiger partial charge in [0.1, 0.15) is 5.39 Å². The molecule has 10 nitrogen and oxygen atoms in total. The van der Waals surface area contributed by atoms with E-state index < -0.39 is 5.97 Å². The molecule has 0 bridgehead atoms. The van der Waals surface area contributed by atoms with Crippen LogP contribution < -0.4 is 5.56 Å². The average Bonchev–Trinajstić information content (AvgIpc) is 3.44. The van der Waals surface area contributed by atoms with E-state index in [9.17, 15) is 9.59 Å². The molecule has 0 atom stereocenters. The molecule has 0 unspecified atom stereocenters. The average molecular weight is 540 g/mol. The maximum Gasteiger partial charge on any atom is 0.313 e. The SMILES string of the molecule is O=C(O)CSc1nnc(Br)n1-c1ccc(C2CC2)c2ccccc12.O=c1[nH]cnc2[nH]ncc12. The number of nitrogens with one attached hydrogen (secondary N) is 2. The highest BCUT2D eigenvalue weighted by atomic mass is 79.9. The molecule has 5 aromatic rings. The number of fused-ring (bicyclic) bond motifs is 2. The van der Waals surface area contributed by atoms with Gasteiger partial charge in [0.25, 0.3) is 5.56 Å². The Hall–Kier alpha value is -3.51. The minimum absolute atomic E-state index is 0.0524. The Balaban J connectivity index is 0.000000200. The quantitative estimate of drug-likeness (QED) is 0.285. The summed E-state index contributed by atoms with van der Waals surface area (Å²) in [5, 5.41) is 26.8. The predicted molar refractivity (Wildman–Crippen MR) is 131 cm³/mol. The van der Waals surface area contributed by atoms with Crippen molar-refractivity contribution in [1.29, 1.82) is 0 Å². The monoisotopic (exact) mass is 539 g/mol. The fraction of sp³-hybridized carbons (Fsp3) is 0.182. The summed E-state index contributed by atoms with van der Waals surface area (Å²) < 4.78 is 2.44. The van der Waals surface area contributed by atoms with Crippen molar-refractivity contribution < 1.29 is 9.90 Å². The lowest BCUT2D eigenvalue weighted by Gasteiger charge is -2.13. The van der Waals surface area contributed by atoms with E-state index in [1.54, 1.807) is 0 Å². The first-order valence-corrected chi connectivity index (χ1v) is 12.1. The Morgan fingerprint density at radius 1 is 1.15 bits per heavy atom. The Morgan fingerprint density at radius 3 is 2.68 bits per heavy atom. The summed E-state index contributed by atoms with van der Waals surface area (Å²) in [5.41, 5.74) is 2.69.